The van der Waals surface area contributed by atoms with Gasteiger partial charge in [0.2, 0.25) is 0 Å². The van der Waals surface area contributed by atoms with Gasteiger partial charge in [-0.15, -0.1) is 0 Å². The zero-order chi connectivity index (χ0) is 32.4. The number of rotatable bonds is 10. The van der Waals surface area contributed by atoms with Crippen molar-refractivity contribution in [1.29, 1.82) is 0 Å². The Bertz CT molecular complexity index is 1940. The molecular formula is C36H33Cl2N3O5. The number of nitrogens with zero attached hydrogens (tertiary/aromatic N) is 3. The SMILES string of the molecule is COC(=O)[C@@H]1CCN(Cc2ccc(-c3cccc(-c4cccc5c4cnn5Cc4cc(OC)c(C=O)cc4Cl)c3Cl)cc2OC)C1. The van der Waals surface area contributed by atoms with Crippen molar-refractivity contribution in [1.82, 2.24) is 14.7 Å². The van der Waals surface area contributed by atoms with Gasteiger partial charge in [-0.3, -0.25) is 19.2 Å². The molecule has 1 aliphatic heterocycles. The Morgan fingerprint density at radius 2 is 1.67 bits per heavy atom. The predicted octanol–water partition coefficient (Wildman–Crippen LogP) is 7.55. The molecule has 10 heteroatoms. The first kappa shape index (κ1) is 31.6. The molecule has 0 spiro atoms. The smallest absolute Gasteiger partial charge is 0.310 e. The summed E-state index contributed by atoms with van der Waals surface area (Å²) in [6, 6.07) is 21.6. The third-order valence-corrected chi connectivity index (χ3v) is 9.38. The second-order valence-corrected chi connectivity index (χ2v) is 12.1. The van der Waals surface area contributed by atoms with E-state index in [4.69, 9.17) is 37.4 Å². The number of halogens is 2. The molecule has 8 nitrogen and oxygen atoms in total. The van der Waals surface area contributed by atoms with E-state index in [0.29, 0.717) is 41.0 Å². The molecule has 1 aromatic heterocycles. The van der Waals surface area contributed by atoms with Crippen molar-refractivity contribution in [2.24, 2.45) is 5.92 Å². The van der Waals surface area contributed by atoms with Crippen LogP contribution in [0, 0.1) is 5.92 Å². The zero-order valence-corrected chi connectivity index (χ0v) is 27.3. The Kier molecular flexibility index (Phi) is 9.31. The van der Waals surface area contributed by atoms with Crippen LogP contribution in [-0.4, -0.2) is 61.4 Å². The molecule has 1 aliphatic rings. The topological polar surface area (TPSA) is 82.9 Å². The first-order chi connectivity index (χ1) is 22.3. The maximum absolute atomic E-state index is 12.0. The van der Waals surface area contributed by atoms with Gasteiger partial charge >= 0.3 is 5.97 Å². The number of hydrogen-bond acceptors (Lipinski definition) is 7. The molecule has 5 aromatic rings. The van der Waals surface area contributed by atoms with Crippen molar-refractivity contribution in [2.75, 3.05) is 34.4 Å². The molecule has 2 heterocycles. The van der Waals surface area contributed by atoms with E-state index in [2.05, 4.69) is 22.1 Å². The maximum Gasteiger partial charge on any atom is 0.310 e. The fourth-order valence-corrected chi connectivity index (χ4v) is 6.78. The van der Waals surface area contributed by atoms with E-state index in [1.54, 1.807) is 19.2 Å². The highest BCUT2D eigenvalue weighted by molar-refractivity contribution is 6.36. The summed E-state index contributed by atoms with van der Waals surface area (Å²) in [4.78, 5) is 25.7. The van der Waals surface area contributed by atoms with Crippen molar-refractivity contribution in [3.05, 3.63) is 99.7 Å². The van der Waals surface area contributed by atoms with Crippen LogP contribution in [0.2, 0.25) is 10.0 Å². The number of ether oxygens (including phenoxy) is 3. The standard InChI is InChI=1S/C36H33Cl2N3O5/c1-44-33-15-22(10-11-23(33)18-40-13-12-24(19-40)36(43)46-3)27-6-4-8-29(35(27)38)28-7-5-9-32-30(28)17-39-41(32)20-25-16-34(45-2)26(21-42)14-31(25)37/h4-11,14-17,21,24H,12-13,18-20H2,1-3H3/t24-/m1/s1. The number of aromatic nitrogens is 2. The number of esters is 1. The lowest BCUT2D eigenvalue weighted by Crippen LogP contribution is -2.23. The number of hydrogen-bond donors (Lipinski definition) is 0. The van der Waals surface area contributed by atoms with Gasteiger partial charge < -0.3 is 14.2 Å². The van der Waals surface area contributed by atoms with Gasteiger partial charge in [-0.25, -0.2) is 0 Å². The highest BCUT2D eigenvalue weighted by Crippen LogP contribution is 2.41. The van der Waals surface area contributed by atoms with Gasteiger partial charge in [0.1, 0.15) is 11.5 Å². The summed E-state index contributed by atoms with van der Waals surface area (Å²) in [5.41, 5.74) is 6.79. The monoisotopic (exact) mass is 657 g/mol. The van der Waals surface area contributed by atoms with Crippen LogP contribution < -0.4 is 9.47 Å². The van der Waals surface area contributed by atoms with Crippen molar-refractivity contribution in [3.8, 4) is 33.8 Å². The number of carbonyl (C=O) groups excluding carboxylic acids is 2. The third-order valence-electron chi connectivity index (χ3n) is 8.62. The summed E-state index contributed by atoms with van der Waals surface area (Å²) in [5, 5.41) is 6.70. The molecular weight excluding hydrogens is 625 g/mol. The average Bonchev–Trinajstić information content (AvgIpc) is 3.72. The minimum absolute atomic E-state index is 0.0929. The molecule has 1 atom stereocenters. The second-order valence-electron chi connectivity index (χ2n) is 11.3. The summed E-state index contributed by atoms with van der Waals surface area (Å²) in [7, 11) is 4.63. The number of aldehydes is 1. The molecule has 0 aliphatic carbocycles. The van der Waals surface area contributed by atoms with Gasteiger partial charge in [0.05, 0.1) is 56.1 Å². The minimum Gasteiger partial charge on any atom is -0.496 e. The highest BCUT2D eigenvalue weighted by Gasteiger charge is 2.29. The van der Waals surface area contributed by atoms with E-state index in [9.17, 15) is 9.59 Å². The van der Waals surface area contributed by atoms with Gasteiger partial charge in [0, 0.05) is 40.2 Å². The molecule has 0 N–H and O–H groups in total. The molecule has 1 fully saturated rings. The molecule has 6 rings (SSSR count). The van der Waals surface area contributed by atoms with Gasteiger partial charge in [-0.2, -0.15) is 5.10 Å². The van der Waals surface area contributed by atoms with Crippen LogP contribution in [0.5, 0.6) is 11.5 Å². The van der Waals surface area contributed by atoms with Crippen LogP contribution >= 0.6 is 23.2 Å². The van der Waals surface area contributed by atoms with Gasteiger partial charge in [0.25, 0.3) is 0 Å². The normalized spacial score (nSPS) is 14.8. The van der Waals surface area contributed by atoms with E-state index in [-0.39, 0.29) is 11.9 Å². The van der Waals surface area contributed by atoms with Gasteiger partial charge in [0.15, 0.2) is 6.29 Å². The van der Waals surface area contributed by atoms with Crippen molar-refractivity contribution in [2.45, 2.75) is 19.5 Å². The van der Waals surface area contributed by atoms with Crippen molar-refractivity contribution >= 4 is 46.4 Å². The second kappa shape index (κ2) is 13.5. The summed E-state index contributed by atoms with van der Waals surface area (Å²) >= 11 is 13.7. The van der Waals surface area contributed by atoms with Crippen LogP contribution in [0.3, 0.4) is 0 Å². The molecule has 236 valence electrons. The highest BCUT2D eigenvalue weighted by atomic mass is 35.5. The minimum atomic E-state index is -0.155. The molecule has 1 saturated heterocycles. The fourth-order valence-electron chi connectivity index (χ4n) is 6.21. The van der Waals surface area contributed by atoms with Crippen LogP contribution in [0.15, 0.2) is 72.9 Å². The van der Waals surface area contributed by atoms with E-state index in [1.807, 2.05) is 53.3 Å². The molecule has 46 heavy (non-hydrogen) atoms. The Morgan fingerprint density at radius 1 is 0.913 bits per heavy atom. The largest absolute Gasteiger partial charge is 0.496 e. The Labute approximate surface area is 277 Å². The maximum atomic E-state index is 12.0. The first-order valence-electron chi connectivity index (χ1n) is 14.9. The summed E-state index contributed by atoms with van der Waals surface area (Å²) in [6.07, 6.45) is 3.35. The average molecular weight is 659 g/mol. The van der Waals surface area contributed by atoms with Crippen LogP contribution in [0.25, 0.3) is 33.2 Å². The Morgan fingerprint density at radius 3 is 2.43 bits per heavy atom. The first-order valence-corrected chi connectivity index (χ1v) is 15.6. The number of likely N-dealkylation sites (tertiary alicyclic amines) is 1. The van der Waals surface area contributed by atoms with Crippen molar-refractivity contribution in [3.63, 3.8) is 0 Å². The zero-order valence-electron chi connectivity index (χ0n) is 25.8. The lowest BCUT2D eigenvalue weighted by molar-refractivity contribution is -0.144. The third kappa shape index (κ3) is 6.08. The summed E-state index contributed by atoms with van der Waals surface area (Å²) in [6.45, 7) is 2.56. The fraction of sp³-hybridized carbons (Fsp3) is 0.250. The molecule has 0 unspecified atom stereocenters. The lowest BCUT2D eigenvalue weighted by Gasteiger charge is -2.19. The van der Waals surface area contributed by atoms with E-state index >= 15 is 0 Å². The Hall–Kier alpha value is -4.37. The van der Waals surface area contributed by atoms with E-state index in [1.165, 1.54) is 14.2 Å². The van der Waals surface area contributed by atoms with Crippen LogP contribution in [0.4, 0.5) is 0 Å². The van der Waals surface area contributed by atoms with Crippen LogP contribution in [-0.2, 0) is 22.6 Å². The number of fused-ring (bicyclic) bond motifs is 1. The number of methoxy groups -OCH3 is 3. The lowest BCUT2D eigenvalue weighted by atomic mass is 9.96. The van der Waals surface area contributed by atoms with E-state index < -0.39 is 0 Å². The molecule has 0 saturated carbocycles. The molecule has 4 aromatic carbocycles. The molecule has 0 radical (unpaired) electrons. The van der Waals surface area contributed by atoms with Crippen molar-refractivity contribution < 1.29 is 23.8 Å². The Balaban J connectivity index is 1.29. The van der Waals surface area contributed by atoms with E-state index in [0.717, 1.165) is 69.3 Å². The predicted molar refractivity (Wildman–Crippen MR) is 180 cm³/mol. The van der Waals surface area contributed by atoms with Gasteiger partial charge in [-0.1, -0.05) is 65.7 Å². The van der Waals surface area contributed by atoms with Crippen LogP contribution in [0.1, 0.15) is 27.9 Å². The quantitative estimate of drug-likeness (QED) is 0.113. The summed E-state index contributed by atoms with van der Waals surface area (Å²) in [5.74, 6) is 0.978. The molecule has 0 amide bonds. The summed E-state index contributed by atoms with van der Waals surface area (Å²) < 4.78 is 18.0. The number of carbonyl (C=O) groups is 2. The molecule has 0 bridgehead atoms. The number of benzene rings is 4. The van der Waals surface area contributed by atoms with Gasteiger partial charge in [-0.05, 0) is 53.9 Å².